The Kier molecular flexibility index (Phi) is 5.91. The Balaban J connectivity index is 1.50. The molecular formula is C26H22N2O4. The molecule has 0 radical (unpaired) electrons. The second-order valence-electron chi connectivity index (χ2n) is 7.71. The first-order valence-corrected chi connectivity index (χ1v) is 10.3. The van der Waals surface area contributed by atoms with Gasteiger partial charge in [0.25, 0.3) is 5.91 Å². The fourth-order valence-electron chi connectivity index (χ4n) is 3.75. The van der Waals surface area contributed by atoms with E-state index in [1.807, 2.05) is 42.5 Å². The summed E-state index contributed by atoms with van der Waals surface area (Å²) < 4.78 is 11.1. The van der Waals surface area contributed by atoms with E-state index in [9.17, 15) is 14.9 Å². The van der Waals surface area contributed by atoms with Crippen molar-refractivity contribution in [1.29, 1.82) is 5.26 Å². The molecular weight excluding hydrogens is 404 g/mol. The lowest BCUT2D eigenvalue weighted by Gasteiger charge is -2.25. The zero-order valence-electron chi connectivity index (χ0n) is 17.7. The molecule has 160 valence electrons. The first-order chi connectivity index (χ1) is 15.5. The Bertz CT molecular complexity index is 1230. The van der Waals surface area contributed by atoms with Gasteiger partial charge >= 0.3 is 5.97 Å². The number of para-hydroxylation sites is 1. The Morgan fingerprint density at radius 2 is 1.91 bits per heavy atom. The van der Waals surface area contributed by atoms with Gasteiger partial charge < -0.3 is 14.8 Å². The van der Waals surface area contributed by atoms with Crippen LogP contribution in [-0.4, -0.2) is 25.0 Å². The van der Waals surface area contributed by atoms with E-state index in [0.717, 1.165) is 40.2 Å². The van der Waals surface area contributed by atoms with Crippen molar-refractivity contribution < 1.29 is 19.1 Å². The van der Waals surface area contributed by atoms with Crippen molar-refractivity contribution in [2.75, 3.05) is 13.2 Å². The molecule has 0 saturated heterocycles. The molecule has 1 aliphatic carbocycles. The zero-order valence-corrected chi connectivity index (χ0v) is 17.7. The van der Waals surface area contributed by atoms with Gasteiger partial charge in [-0.3, -0.25) is 4.79 Å². The number of nitriles is 1. The topological polar surface area (TPSA) is 88.4 Å². The lowest BCUT2D eigenvalue weighted by molar-refractivity contribution is -0.139. The number of rotatable bonds is 5. The maximum atomic E-state index is 12.5. The number of hydrogen-bond acceptors (Lipinski definition) is 5. The fourth-order valence-corrected chi connectivity index (χ4v) is 3.75. The lowest BCUT2D eigenvalue weighted by Crippen LogP contribution is -2.30. The van der Waals surface area contributed by atoms with E-state index in [4.69, 9.17) is 9.47 Å². The smallest absolute Gasteiger partial charge is 0.333 e. The first kappa shape index (κ1) is 21.1. The predicted octanol–water partition coefficient (Wildman–Crippen LogP) is 4.01. The van der Waals surface area contributed by atoms with Crippen LogP contribution in [0.4, 0.5) is 0 Å². The minimum absolute atomic E-state index is 0.00903. The molecule has 32 heavy (non-hydrogen) atoms. The van der Waals surface area contributed by atoms with Crippen LogP contribution in [0.2, 0.25) is 0 Å². The first-order valence-electron chi connectivity index (χ1n) is 10.3. The molecule has 1 amide bonds. The highest BCUT2D eigenvalue weighted by molar-refractivity contribution is 5.99. The quantitative estimate of drug-likeness (QED) is 0.288. The van der Waals surface area contributed by atoms with Gasteiger partial charge in [-0.05, 0) is 41.7 Å². The number of carbonyl (C=O) groups is 2. The highest BCUT2D eigenvalue weighted by Crippen LogP contribution is 2.42. The number of ether oxygens (including phenoxy) is 2. The third-order valence-electron chi connectivity index (χ3n) is 5.39. The number of carbonyl (C=O) groups excluding carboxylic acids is 2. The third-order valence-corrected chi connectivity index (χ3v) is 5.39. The molecule has 1 aliphatic heterocycles. The average molecular weight is 426 g/mol. The molecule has 0 spiro atoms. The van der Waals surface area contributed by atoms with E-state index in [1.54, 1.807) is 13.0 Å². The number of nitrogens with zero attached hydrogens (tertiary/aromatic N) is 1. The summed E-state index contributed by atoms with van der Waals surface area (Å²) in [6, 6.07) is 14.1. The number of esters is 1. The van der Waals surface area contributed by atoms with Crippen LogP contribution in [0.5, 0.6) is 11.5 Å². The molecule has 0 atom stereocenters. The van der Waals surface area contributed by atoms with E-state index < -0.39 is 11.9 Å². The van der Waals surface area contributed by atoms with Gasteiger partial charge in [0.15, 0.2) is 0 Å². The maximum Gasteiger partial charge on any atom is 0.333 e. The molecule has 2 aromatic carbocycles. The Labute approximate surface area is 186 Å². The van der Waals surface area contributed by atoms with Gasteiger partial charge in [0.1, 0.15) is 29.7 Å². The summed E-state index contributed by atoms with van der Waals surface area (Å²) in [5, 5.41) is 12.2. The highest BCUT2D eigenvalue weighted by Gasteiger charge is 2.24. The third kappa shape index (κ3) is 4.19. The summed E-state index contributed by atoms with van der Waals surface area (Å²) in [7, 11) is 0. The number of amides is 1. The molecule has 0 unspecified atom stereocenters. The number of benzene rings is 2. The normalized spacial score (nSPS) is 14.6. The van der Waals surface area contributed by atoms with Crippen molar-refractivity contribution in [3.8, 4) is 17.6 Å². The summed E-state index contributed by atoms with van der Waals surface area (Å²) in [5.41, 5.74) is 5.20. The Hall–Kier alpha value is -4.11. The van der Waals surface area contributed by atoms with Gasteiger partial charge in [-0.1, -0.05) is 49.1 Å². The van der Waals surface area contributed by atoms with Crippen molar-refractivity contribution in [2.45, 2.75) is 19.8 Å². The van der Waals surface area contributed by atoms with Crippen LogP contribution < -0.4 is 10.1 Å². The summed E-state index contributed by atoms with van der Waals surface area (Å²) >= 11 is 0. The van der Waals surface area contributed by atoms with Crippen LogP contribution in [0, 0.1) is 11.3 Å². The van der Waals surface area contributed by atoms with E-state index in [-0.39, 0.29) is 24.3 Å². The van der Waals surface area contributed by atoms with Gasteiger partial charge in [0, 0.05) is 17.6 Å². The fraction of sp³-hybridized carbons (Fsp3) is 0.192. The zero-order chi connectivity index (χ0) is 22.7. The minimum Gasteiger partial charge on any atom is -0.460 e. The van der Waals surface area contributed by atoms with E-state index >= 15 is 0 Å². The summed E-state index contributed by atoms with van der Waals surface area (Å²) in [6.45, 7) is 5.17. The largest absolute Gasteiger partial charge is 0.460 e. The van der Waals surface area contributed by atoms with Crippen LogP contribution in [0.25, 0.3) is 6.08 Å². The van der Waals surface area contributed by atoms with Crippen molar-refractivity contribution >= 4 is 18.0 Å². The highest BCUT2D eigenvalue weighted by atomic mass is 16.5. The Morgan fingerprint density at radius 1 is 1.12 bits per heavy atom. The van der Waals surface area contributed by atoms with Crippen LogP contribution in [0.3, 0.4) is 0 Å². The number of allylic oxidation sites excluding steroid dienone is 2. The van der Waals surface area contributed by atoms with Gasteiger partial charge in [0.2, 0.25) is 0 Å². The molecule has 1 heterocycles. The van der Waals surface area contributed by atoms with E-state index in [0.29, 0.717) is 12.0 Å². The molecule has 0 bridgehead atoms. The van der Waals surface area contributed by atoms with Crippen LogP contribution in [-0.2, 0) is 27.2 Å². The van der Waals surface area contributed by atoms with E-state index in [1.165, 1.54) is 0 Å². The predicted molar refractivity (Wildman–Crippen MR) is 120 cm³/mol. The van der Waals surface area contributed by atoms with Gasteiger partial charge in [-0.25, -0.2) is 4.79 Å². The monoisotopic (exact) mass is 426 g/mol. The van der Waals surface area contributed by atoms with Crippen molar-refractivity contribution in [3.63, 3.8) is 0 Å². The molecule has 4 rings (SSSR count). The molecule has 0 fully saturated rings. The minimum atomic E-state index is -0.516. The van der Waals surface area contributed by atoms with Crippen LogP contribution in [0.1, 0.15) is 29.2 Å². The SMILES string of the molecule is C=C(C)C(=O)OCCNC(=O)/C(C#N)=C1/C=Cc2c(ccc3c2Oc2ccccc2C3)C1. The van der Waals surface area contributed by atoms with Crippen LogP contribution in [0.15, 0.2) is 65.8 Å². The van der Waals surface area contributed by atoms with Crippen molar-refractivity contribution in [1.82, 2.24) is 5.32 Å². The molecule has 1 N–H and O–H groups in total. The maximum absolute atomic E-state index is 12.5. The molecule has 6 nitrogen and oxygen atoms in total. The number of hydrogen-bond donors (Lipinski definition) is 1. The Morgan fingerprint density at radius 3 is 2.69 bits per heavy atom. The van der Waals surface area contributed by atoms with E-state index in [2.05, 4.69) is 18.0 Å². The van der Waals surface area contributed by atoms with Crippen molar-refractivity contribution in [2.24, 2.45) is 0 Å². The van der Waals surface area contributed by atoms with Gasteiger partial charge in [0.05, 0.1) is 6.54 Å². The molecule has 0 aromatic heterocycles. The van der Waals surface area contributed by atoms with Gasteiger partial charge in [-0.15, -0.1) is 0 Å². The molecule has 2 aliphatic rings. The van der Waals surface area contributed by atoms with Crippen LogP contribution >= 0.6 is 0 Å². The summed E-state index contributed by atoms with van der Waals surface area (Å²) in [4.78, 5) is 23.9. The lowest BCUT2D eigenvalue weighted by atomic mass is 9.87. The second-order valence-corrected chi connectivity index (χ2v) is 7.71. The summed E-state index contributed by atoms with van der Waals surface area (Å²) in [6.07, 6.45) is 4.95. The molecule has 0 saturated carbocycles. The second kappa shape index (κ2) is 8.94. The number of fused-ring (bicyclic) bond motifs is 4. The number of nitrogens with one attached hydrogen (secondary N) is 1. The molecule has 6 heteroatoms. The summed E-state index contributed by atoms with van der Waals surface area (Å²) in [5.74, 6) is 0.676. The van der Waals surface area contributed by atoms with Gasteiger partial charge in [-0.2, -0.15) is 5.26 Å². The average Bonchev–Trinajstić information content (AvgIpc) is 2.80. The standard InChI is InChI=1S/C26H22N2O4/c1-16(2)26(30)31-12-11-28-25(29)22(15-27)18-9-10-21-17(13-18)7-8-20-14-19-5-3-4-6-23(19)32-24(20)21/h3-10H,1,11-14H2,2H3,(H,28,29)/b22-18-. The molecule has 2 aromatic rings. The van der Waals surface area contributed by atoms with Crippen molar-refractivity contribution in [3.05, 3.63) is 88.0 Å².